The molecule has 1 aliphatic carbocycles. The molecule has 1 atom stereocenters. The molecule has 0 spiro atoms. The quantitative estimate of drug-likeness (QED) is 0.856. The summed E-state index contributed by atoms with van der Waals surface area (Å²) in [5.41, 5.74) is 1.61. The Hall–Kier alpha value is -1.42. The lowest BCUT2D eigenvalue weighted by atomic mass is 10.1. The number of ether oxygens (including phenoxy) is 1. The number of rotatable bonds is 6. The van der Waals surface area contributed by atoms with Crippen molar-refractivity contribution >= 4 is 5.91 Å². The fourth-order valence-electron chi connectivity index (χ4n) is 2.09. The van der Waals surface area contributed by atoms with Crippen molar-refractivity contribution in [2.75, 3.05) is 13.7 Å². The highest BCUT2D eigenvalue weighted by atomic mass is 16.5. The first-order chi connectivity index (χ1) is 9.11. The molecule has 2 rings (SSSR count). The molecule has 1 saturated carbocycles. The summed E-state index contributed by atoms with van der Waals surface area (Å²) in [6.07, 6.45) is 4.20. The van der Waals surface area contributed by atoms with Crippen LogP contribution in [0.2, 0.25) is 0 Å². The van der Waals surface area contributed by atoms with Crippen LogP contribution in [0.25, 0.3) is 0 Å². The van der Waals surface area contributed by atoms with Crippen molar-refractivity contribution in [1.29, 1.82) is 0 Å². The minimum Gasteiger partial charge on any atom is -0.379 e. The normalized spacial score (nSPS) is 16.4. The summed E-state index contributed by atoms with van der Waals surface area (Å²) < 4.78 is 5.38. The van der Waals surface area contributed by atoms with Gasteiger partial charge in [-0.2, -0.15) is 0 Å². The van der Waals surface area contributed by atoms with Gasteiger partial charge >= 0.3 is 0 Å². The highest BCUT2D eigenvalue weighted by molar-refractivity contribution is 5.93. The molecular weight excluding hydrogens is 240 g/mol. The molecule has 1 fully saturated rings. The highest BCUT2D eigenvalue weighted by Gasteiger charge is 2.31. The molecule has 0 aromatic carbocycles. The number of hydrogen-bond donors (Lipinski definition) is 1. The van der Waals surface area contributed by atoms with Crippen molar-refractivity contribution < 1.29 is 9.53 Å². The minimum atomic E-state index is -0.0782. The maximum absolute atomic E-state index is 12.0. The van der Waals surface area contributed by atoms with Gasteiger partial charge in [0.1, 0.15) is 0 Å². The van der Waals surface area contributed by atoms with Gasteiger partial charge in [0.2, 0.25) is 0 Å². The van der Waals surface area contributed by atoms with Crippen molar-refractivity contribution in [1.82, 2.24) is 10.3 Å². The van der Waals surface area contributed by atoms with E-state index in [2.05, 4.69) is 24.1 Å². The smallest absolute Gasteiger partial charge is 0.252 e. The predicted molar refractivity (Wildman–Crippen MR) is 74.2 cm³/mol. The maximum atomic E-state index is 12.0. The summed E-state index contributed by atoms with van der Waals surface area (Å²) in [6.45, 7) is 4.74. The molecule has 19 heavy (non-hydrogen) atoms. The fraction of sp³-hybridized carbons (Fsp3) is 0.600. The number of nitrogens with zero attached hydrogens (tertiary/aromatic N) is 1. The van der Waals surface area contributed by atoms with Gasteiger partial charge in [-0.3, -0.25) is 9.78 Å². The van der Waals surface area contributed by atoms with Crippen LogP contribution in [-0.4, -0.2) is 30.6 Å². The average molecular weight is 262 g/mol. The minimum absolute atomic E-state index is 0.0782. The number of amides is 1. The monoisotopic (exact) mass is 262 g/mol. The number of nitrogens with one attached hydrogen (secondary N) is 1. The van der Waals surface area contributed by atoms with Crippen LogP contribution in [-0.2, 0) is 4.74 Å². The van der Waals surface area contributed by atoms with Crippen LogP contribution in [0, 0.1) is 5.92 Å². The topological polar surface area (TPSA) is 51.2 Å². The molecule has 1 aromatic rings. The van der Waals surface area contributed by atoms with Crippen LogP contribution in [0.4, 0.5) is 0 Å². The molecule has 1 unspecified atom stereocenters. The van der Waals surface area contributed by atoms with Crippen LogP contribution in [0.3, 0.4) is 0 Å². The van der Waals surface area contributed by atoms with E-state index in [9.17, 15) is 4.79 Å². The molecule has 1 N–H and O–H groups in total. The highest BCUT2D eigenvalue weighted by Crippen LogP contribution is 2.33. The van der Waals surface area contributed by atoms with Crippen molar-refractivity contribution in [2.24, 2.45) is 5.92 Å². The molecule has 1 amide bonds. The number of carbonyl (C=O) groups excluding carboxylic acids is 1. The fourth-order valence-corrected chi connectivity index (χ4v) is 2.09. The first kappa shape index (κ1) is 14.0. The number of aromatic nitrogens is 1. The van der Waals surface area contributed by atoms with E-state index in [1.165, 1.54) is 12.8 Å². The zero-order valence-electron chi connectivity index (χ0n) is 11.8. The predicted octanol–water partition coefficient (Wildman–Crippen LogP) is 2.36. The van der Waals surface area contributed by atoms with E-state index in [4.69, 9.17) is 4.74 Å². The van der Waals surface area contributed by atoms with E-state index in [1.807, 2.05) is 12.1 Å². The summed E-state index contributed by atoms with van der Waals surface area (Å²) in [7, 11) is 1.70. The van der Waals surface area contributed by atoms with Crippen molar-refractivity contribution in [3.05, 3.63) is 29.6 Å². The third-order valence-corrected chi connectivity index (χ3v) is 3.55. The van der Waals surface area contributed by atoms with Gasteiger partial charge in [0, 0.05) is 25.5 Å². The molecule has 0 saturated heterocycles. The Kier molecular flexibility index (Phi) is 4.53. The van der Waals surface area contributed by atoms with Gasteiger partial charge < -0.3 is 10.1 Å². The lowest BCUT2D eigenvalue weighted by molar-refractivity contribution is 0.0741. The third-order valence-electron chi connectivity index (χ3n) is 3.55. The van der Waals surface area contributed by atoms with Gasteiger partial charge in [-0.05, 0) is 36.8 Å². The van der Waals surface area contributed by atoms with Gasteiger partial charge in [-0.25, -0.2) is 0 Å². The zero-order chi connectivity index (χ0) is 13.8. The Balaban J connectivity index is 1.88. The van der Waals surface area contributed by atoms with E-state index in [0.717, 1.165) is 5.69 Å². The number of carbonyl (C=O) groups is 1. The SMILES string of the molecule is COC(CNC(=O)c1ccc(C(C)C)nc1)C1CC1. The first-order valence-corrected chi connectivity index (χ1v) is 6.88. The van der Waals surface area contributed by atoms with Gasteiger partial charge in [0.25, 0.3) is 5.91 Å². The third kappa shape index (κ3) is 3.77. The number of methoxy groups -OCH3 is 1. The summed E-state index contributed by atoms with van der Waals surface area (Å²) in [5, 5.41) is 2.92. The standard InChI is InChI=1S/C15H22N2O2/c1-10(2)13-7-6-12(8-16-13)15(18)17-9-14(19-3)11-4-5-11/h6-8,10-11,14H,4-5,9H2,1-3H3,(H,17,18). The summed E-state index contributed by atoms with van der Waals surface area (Å²) in [5.74, 6) is 0.919. The second kappa shape index (κ2) is 6.15. The van der Waals surface area contributed by atoms with Gasteiger partial charge in [0.15, 0.2) is 0 Å². The van der Waals surface area contributed by atoms with E-state index < -0.39 is 0 Å². The Labute approximate surface area is 114 Å². The largest absolute Gasteiger partial charge is 0.379 e. The van der Waals surface area contributed by atoms with Crippen LogP contribution >= 0.6 is 0 Å². The van der Waals surface area contributed by atoms with E-state index in [0.29, 0.717) is 23.9 Å². The van der Waals surface area contributed by atoms with E-state index in [-0.39, 0.29) is 12.0 Å². The second-order valence-electron chi connectivity index (χ2n) is 5.45. The van der Waals surface area contributed by atoms with Gasteiger partial charge in [-0.15, -0.1) is 0 Å². The number of pyridine rings is 1. The van der Waals surface area contributed by atoms with E-state index in [1.54, 1.807) is 13.3 Å². The second-order valence-corrected chi connectivity index (χ2v) is 5.45. The molecule has 1 aliphatic rings. The zero-order valence-corrected chi connectivity index (χ0v) is 11.8. The molecule has 0 aliphatic heterocycles. The molecule has 4 heteroatoms. The molecule has 0 radical (unpaired) electrons. The molecule has 1 heterocycles. The lowest BCUT2D eigenvalue weighted by Crippen LogP contribution is -2.34. The molecule has 1 aromatic heterocycles. The maximum Gasteiger partial charge on any atom is 0.252 e. The Morgan fingerprint density at radius 3 is 2.68 bits per heavy atom. The van der Waals surface area contributed by atoms with E-state index >= 15 is 0 Å². The number of hydrogen-bond acceptors (Lipinski definition) is 3. The van der Waals surface area contributed by atoms with Crippen molar-refractivity contribution in [3.8, 4) is 0 Å². The molecule has 0 bridgehead atoms. The lowest BCUT2D eigenvalue weighted by Gasteiger charge is -2.15. The van der Waals surface area contributed by atoms with Gasteiger partial charge in [0.05, 0.1) is 11.7 Å². The molecule has 4 nitrogen and oxygen atoms in total. The summed E-state index contributed by atoms with van der Waals surface area (Å²) >= 11 is 0. The summed E-state index contributed by atoms with van der Waals surface area (Å²) in [6, 6.07) is 3.74. The van der Waals surface area contributed by atoms with Crippen molar-refractivity contribution in [2.45, 2.75) is 38.7 Å². The Morgan fingerprint density at radius 1 is 1.47 bits per heavy atom. The average Bonchev–Trinajstić information content (AvgIpc) is 3.24. The van der Waals surface area contributed by atoms with Crippen LogP contribution < -0.4 is 5.32 Å². The summed E-state index contributed by atoms with van der Waals surface area (Å²) in [4.78, 5) is 16.3. The van der Waals surface area contributed by atoms with Crippen LogP contribution in [0.5, 0.6) is 0 Å². The van der Waals surface area contributed by atoms with Crippen molar-refractivity contribution in [3.63, 3.8) is 0 Å². The Morgan fingerprint density at radius 2 is 2.21 bits per heavy atom. The van der Waals surface area contributed by atoms with Crippen LogP contribution in [0.1, 0.15) is 48.7 Å². The Bertz CT molecular complexity index is 424. The van der Waals surface area contributed by atoms with Gasteiger partial charge in [-0.1, -0.05) is 13.8 Å². The molecule has 104 valence electrons. The van der Waals surface area contributed by atoms with Crippen LogP contribution in [0.15, 0.2) is 18.3 Å². The first-order valence-electron chi connectivity index (χ1n) is 6.88. The molecular formula is C15H22N2O2.